The van der Waals surface area contributed by atoms with Crippen molar-refractivity contribution in [1.29, 1.82) is 0 Å². The topological polar surface area (TPSA) is 42.3 Å². The van der Waals surface area contributed by atoms with Crippen LogP contribution < -0.4 is 0 Å². The molecule has 7 heteroatoms. The quantitative estimate of drug-likeness (QED) is 0.251. The highest BCUT2D eigenvalue weighted by Gasteiger charge is 2.34. The minimum atomic E-state index is -0.367. The second kappa shape index (κ2) is 10.1. The highest BCUT2D eigenvalue weighted by molar-refractivity contribution is 8.18. The Bertz CT molecular complexity index is 1430. The van der Waals surface area contributed by atoms with Crippen LogP contribution in [0.25, 0.3) is 17.0 Å². The lowest BCUT2D eigenvalue weighted by Crippen LogP contribution is -2.29. The fourth-order valence-electron chi connectivity index (χ4n) is 4.29. The minimum absolute atomic E-state index is 0.251. The molecule has 0 N–H and O–H groups in total. The molecule has 35 heavy (non-hydrogen) atoms. The van der Waals surface area contributed by atoms with Crippen LogP contribution in [0.4, 0.5) is 9.18 Å². The Hall–Kier alpha value is -3.35. The van der Waals surface area contributed by atoms with Gasteiger partial charge < -0.3 is 4.57 Å². The smallest absolute Gasteiger partial charge is 0.293 e. The van der Waals surface area contributed by atoms with E-state index in [1.807, 2.05) is 65.4 Å². The third kappa shape index (κ3) is 4.90. The van der Waals surface area contributed by atoms with Crippen molar-refractivity contribution in [3.8, 4) is 0 Å². The van der Waals surface area contributed by atoms with Crippen LogP contribution >= 0.6 is 23.4 Å². The number of rotatable bonds is 7. The van der Waals surface area contributed by atoms with Gasteiger partial charge in [0, 0.05) is 39.8 Å². The van der Waals surface area contributed by atoms with Crippen LogP contribution in [-0.4, -0.2) is 27.2 Å². The first-order chi connectivity index (χ1) is 17.0. The molecule has 0 unspecified atom stereocenters. The molecule has 4 nitrogen and oxygen atoms in total. The van der Waals surface area contributed by atoms with E-state index >= 15 is 0 Å². The summed E-state index contributed by atoms with van der Waals surface area (Å²) in [7, 11) is 0. The van der Waals surface area contributed by atoms with Crippen molar-refractivity contribution < 1.29 is 14.0 Å². The average molecular weight is 505 g/mol. The van der Waals surface area contributed by atoms with Gasteiger partial charge >= 0.3 is 0 Å². The van der Waals surface area contributed by atoms with Crippen molar-refractivity contribution >= 4 is 51.5 Å². The standard InChI is InChI=1S/C28H22ClFN2O2S/c29-23-12-6-13-24(30)22(23)18-31-17-20(21-11-4-5-14-25(21)31)16-26-27(33)32(28(34)35-26)15-7-10-19-8-2-1-3-9-19/h1-6,8-9,11-14,16-17H,7,10,15,18H2/b26-16-. The van der Waals surface area contributed by atoms with Crippen molar-refractivity contribution in [2.45, 2.75) is 19.4 Å². The van der Waals surface area contributed by atoms with E-state index in [9.17, 15) is 14.0 Å². The molecule has 2 amide bonds. The predicted molar refractivity (Wildman–Crippen MR) is 140 cm³/mol. The van der Waals surface area contributed by atoms with Crippen LogP contribution in [0.2, 0.25) is 5.02 Å². The molecule has 1 aromatic heterocycles. The first-order valence-corrected chi connectivity index (χ1v) is 12.5. The SMILES string of the molecule is O=C1S/C(=C\c2cn(Cc3c(F)cccc3Cl)c3ccccc23)C(=O)N1CCCc1ccccc1. The summed E-state index contributed by atoms with van der Waals surface area (Å²) in [5, 5.41) is 1.02. The summed E-state index contributed by atoms with van der Waals surface area (Å²) in [5.41, 5.74) is 3.26. The molecule has 0 atom stereocenters. The van der Waals surface area contributed by atoms with Gasteiger partial charge in [-0.25, -0.2) is 4.39 Å². The number of hydrogen-bond acceptors (Lipinski definition) is 3. The molecule has 1 aliphatic heterocycles. The van der Waals surface area contributed by atoms with Gasteiger partial charge in [-0.15, -0.1) is 0 Å². The molecule has 5 rings (SSSR count). The van der Waals surface area contributed by atoms with Crippen molar-refractivity contribution in [1.82, 2.24) is 9.47 Å². The number of fused-ring (bicyclic) bond motifs is 1. The fourth-order valence-corrected chi connectivity index (χ4v) is 5.37. The Balaban J connectivity index is 1.39. The second-order valence-corrected chi connectivity index (χ2v) is 9.75. The van der Waals surface area contributed by atoms with Gasteiger partial charge in [-0.05, 0) is 54.4 Å². The average Bonchev–Trinajstić information content (AvgIpc) is 3.34. The summed E-state index contributed by atoms with van der Waals surface area (Å²) in [5.74, 6) is -0.643. The van der Waals surface area contributed by atoms with E-state index in [1.54, 1.807) is 18.2 Å². The molecule has 1 fully saturated rings. The molecule has 1 aliphatic rings. The molecule has 0 bridgehead atoms. The normalized spacial score (nSPS) is 15.0. The summed E-state index contributed by atoms with van der Waals surface area (Å²) < 4.78 is 16.3. The van der Waals surface area contributed by atoms with E-state index in [0.29, 0.717) is 28.5 Å². The van der Waals surface area contributed by atoms with E-state index in [4.69, 9.17) is 11.6 Å². The zero-order valence-corrected chi connectivity index (χ0v) is 20.4. The van der Waals surface area contributed by atoms with Crippen LogP contribution in [0.3, 0.4) is 0 Å². The molecule has 0 spiro atoms. The van der Waals surface area contributed by atoms with Gasteiger partial charge in [-0.3, -0.25) is 14.5 Å². The number of carbonyl (C=O) groups excluding carboxylic acids is 2. The van der Waals surface area contributed by atoms with Crippen molar-refractivity contribution in [2.75, 3.05) is 6.54 Å². The number of benzene rings is 3. The zero-order valence-electron chi connectivity index (χ0n) is 18.8. The molecule has 1 saturated heterocycles. The van der Waals surface area contributed by atoms with Gasteiger partial charge in [0.05, 0.1) is 11.4 Å². The van der Waals surface area contributed by atoms with Gasteiger partial charge in [0.1, 0.15) is 5.82 Å². The van der Waals surface area contributed by atoms with Gasteiger partial charge in [0.15, 0.2) is 0 Å². The number of nitrogens with zero attached hydrogens (tertiary/aromatic N) is 2. The number of thioether (sulfide) groups is 1. The minimum Gasteiger partial charge on any atom is -0.342 e. The largest absolute Gasteiger partial charge is 0.342 e. The summed E-state index contributed by atoms with van der Waals surface area (Å²) in [4.78, 5) is 27.3. The van der Waals surface area contributed by atoms with E-state index in [1.165, 1.54) is 16.5 Å². The van der Waals surface area contributed by atoms with Gasteiger partial charge in [-0.1, -0.05) is 66.2 Å². The molecular weight excluding hydrogens is 483 g/mol. The molecule has 176 valence electrons. The summed E-state index contributed by atoms with van der Waals surface area (Å²) in [6, 6.07) is 22.4. The molecule has 0 aliphatic carbocycles. The lowest BCUT2D eigenvalue weighted by atomic mass is 10.1. The highest BCUT2D eigenvalue weighted by atomic mass is 35.5. The molecule has 3 aromatic carbocycles. The van der Waals surface area contributed by atoms with E-state index < -0.39 is 0 Å². The summed E-state index contributed by atoms with van der Waals surface area (Å²) in [6.07, 6.45) is 5.13. The van der Waals surface area contributed by atoms with Gasteiger partial charge in [0.25, 0.3) is 11.1 Å². The lowest BCUT2D eigenvalue weighted by Gasteiger charge is -2.12. The van der Waals surface area contributed by atoms with Crippen LogP contribution in [0, 0.1) is 5.82 Å². The number of hydrogen-bond donors (Lipinski definition) is 0. The number of para-hydroxylation sites is 1. The van der Waals surface area contributed by atoms with E-state index in [2.05, 4.69) is 0 Å². The van der Waals surface area contributed by atoms with Crippen molar-refractivity contribution in [3.63, 3.8) is 0 Å². The highest BCUT2D eigenvalue weighted by Crippen LogP contribution is 2.35. The number of amides is 2. The predicted octanol–water partition coefficient (Wildman–Crippen LogP) is 7.15. The number of aromatic nitrogens is 1. The monoisotopic (exact) mass is 504 g/mol. The molecule has 4 aromatic rings. The third-order valence-electron chi connectivity index (χ3n) is 6.06. The first kappa shape index (κ1) is 23.4. The molecule has 2 heterocycles. The Kier molecular flexibility index (Phi) is 6.75. The Labute approximate surface area is 212 Å². The number of halogens is 2. The van der Waals surface area contributed by atoms with Gasteiger partial charge in [0.2, 0.25) is 0 Å². The lowest BCUT2D eigenvalue weighted by molar-refractivity contribution is -0.122. The van der Waals surface area contributed by atoms with E-state index in [-0.39, 0.29) is 23.5 Å². The van der Waals surface area contributed by atoms with Crippen molar-refractivity contribution in [2.24, 2.45) is 0 Å². The van der Waals surface area contributed by atoms with Crippen LogP contribution in [0.1, 0.15) is 23.1 Å². The summed E-state index contributed by atoms with van der Waals surface area (Å²) >= 11 is 7.21. The Morgan fingerprint density at radius 1 is 0.943 bits per heavy atom. The Morgan fingerprint density at radius 2 is 1.71 bits per heavy atom. The summed E-state index contributed by atoms with van der Waals surface area (Å²) in [6.45, 7) is 0.630. The fraction of sp³-hybridized carbons (Fsp3) is 0.143. The molecule has 0 radical (unpaired) electrons. The number of imide groups is 1. The van der Waals surface area contributed by atoms with Crippen LogP contribution in [-0.2, 0) is 17.8 Å². The maximum atomic E-state index is 14.4. The maximum absolute atomic E-state index is 14.4. The molecular formula is C28H22ClFN2O2S. The number of carbonyl (C=O) groups is 2. The van der Waals surface area contributed by atoms with Gasteiger partial charge in [-0.2, -0.15) is 0 Å². The van der Waals surface area contributed by atoms with E-state index in [0.717, 1.165) is 34.6 Å². The zero-order chi connectivity index (χ0) is 24.4. The maximum Gasteiger partial charge on any atom is 0.293 e. The first-order valence-electron chi connectivity index (χ1n) is 11.3. The Morgan fingerprint density at radius 3 is 2.51 bits per heavy atom. The third-order valence-corrected chi connectivity index (χ3v) is 7.32. The molecule has 0 saturated carbocycles. The van der Waals surface area contributed by atoms with Crippen LogP contribution in [0.5, 0.6) is 0 Å². The van der Waals surface area contributed by atoms with Crippen molar-refractivity contribution in [3.05, 3.63) is 111 Å². The number of aryl methyl sites for hydroxylation is 1. The van der Waals surface area contributed by atoms with Crippen LogP contribution in [0.15, 0.2) is 83.9 Å². The second-order valence-electron chi connectivity index (χ2n) is 8.35.